The molecule has 0 fully saturated rings. The molecule has 3 rings (SSSR count). The van der Waals surface area contributed by atoms with Crippen molar-refractivity contribution in [1.82, 2.24) is 9.55 Å². The topological polar surface area (TPSA) is 102 Å². The Hall–Kier alpha value is -3.24. The molecule has 1 aromatic heterocycles. The van der Waals surface area contributed by atoms with E-state index in [2.05, 4.69) is 15.6 Å². The summed E-state index contributed by atoms with van der Waals surface area (Å²) in [4.78, 5) is 42.2. The predicted molar refractivity (Wildman–Crippen MR) is 126 cm³/mol. The number of nitrogens with one attached hydrogen (secondary N) is 2. The van der Waals surface area contributed by atoms with Crippen LogP contribution in [-0.2, 0) is 21.4 Å². The Kier molecular flexibility index (Phi) is 8.34. The van der Waals surface area contributed by atoms with Gasteiger partial charge < -0.3 is 19.9 Å². The molecule has 0 aliphatic carbocycles. The van der Waals surface area contributed by atoms with Crippen LogP contribution in [0.1, 0.15) is 10.4 Å². The first kappa shape index (κ1) is 23.4. The van der Waals surface area contributed by atoms with Crippen LogP contribution in [0, 0.1) is 0 Å². The average Bonchev–Trinajstić information content (AvgIpc) is 3.21. The zero-order valence-corrected chi connectivity index (χ0v) is 19.2. The molecule has 8 nitrogen and oxygen atoms in total. The number of amides is 2. The van der Waals surface area contributed by atoms with Gasteiger partial charge in [0.2, 0.25) is 5.91 Å². The maximum Gasteiger partial charge on any atom is 0.340 e. The molecule has 0 radical (unpaired) electrons. The van der Waals surface area contributed by atoms with E-state index in [0.29, 0.717) is 16.5 Å². The summed E-state index contributed by atoms with van der Waals surface area (Å²) in [6.45, 7) is -0.444. The first-order valence-corrected chi connectivity index (χ1v) is 11.8. The summed E-state index contributed by atoms with van der Waals surface area (Å²) in [7, 11) is 1.84. The molecule has 0 spiro atoms. The molecule has 0 bridgehead atoms. The van der Waals surface area contributed by atoms with Crippen LogP contribution in [0.2, 0.25) is 0 Å². The lowest BCUT2D eigenvalue weighted by atomic mass is 10.2. The molecule has 2 aromatic carbocycles. The van der Waals surface area contributed by atoms with Crippen LogP contribution in [0.5, 0.6) is 0 Å². The van der Waals surface area contributed by atoms with Crippen molar-refractivity contribution in [2.24, 2.45) is 7.05 Å². The van der Waals surface area contributed by atoms with Crippen molar-refractivity contribution >= 4 is 52.7 Å². The molecule has 0 aliphatic heterocycles. The van der Waals surface area contributed by atoms with Gasteiger partial charge in [0.15, 0.2) is 11.8 Å². The Morgan fingerprint density at radius 2 is 1.78 bits per heavy atom. The van der Waals surface area contributed by atoms with Gasteiger partial charge in [0.25, 0.3) is 5.91 Å². The zero-order chi connectivity index (χ0) is 22.9. The quantitative estimate of drug-likeness (QED) is 0.363. The Bertz CT molecular complexity index is 1100. The number of nitrogens with zero attached hydrogens (tertiary/aromatic N) is 2. The van der Waals surface area contributed by atoms with Gasteiger partial charge in [-0.3, -0.25) is 9.59 Å². The van der Waals surface area contributed by atoms with Gasteiger partial charge in [-0.05, 0) is 42.7 Å². The molecule has 3 aromatic rings. The highest BCUT2D eigenvalue weighted by molar-refractivity contribution is 7.99. The summed E-state index contributed by atoms with van der Waals surface area (Å²) in [5.74, 6) is -1.31. The van der Waals surface area contributed by atoms with Crippen molar-refractivity contribution in [3.63, 3.8) is 0 Å². The van der Waals surface area contributed by atoms with Gasteiger partial charge in [0, 0.05) is 30.0 Å². The molecule has 0 saturated heterocycles. The summed E-state index contributed by atoms with van der Waals surface area (Å²) in [6, 6.07) is 13.8. The molecular formula is C22H22N4O4S2. The highest BCUT2D eigenvalue weighted by atomic mass is 32.2. The number of benzene rings is 2. The molecule has 0 aliphatic rings. The molecule has 32 heavy (non-hydrogen) atoms. The van der Waals surface area contributed by atoms with Crippen molar-refractivity contribution in [2.45, 2.75) is 10.1 Å². The van der Waals surface area contributed by atoms with Gasteiger partial charge in [0.1, 0.15) is 0 Å². The van der Waals surface area contributed by atoms with E-state index >= 15 is 0 Å². The first-order chi connectivity index (χ1) is 15.5. The Morgan fingerprint density at radius 3 is 2.47 bits per heavy atom. The number of carbonyl (C=O) groups excluding carboxylic acids is 3. The number of thioether (sulfide) groups is 2. The molecule has 2 amide bonds. The fourth-order valence-electron chi connectivity index (χ4n) is 2.66. The SMILES string of the molecule is CSc1ccc(NC(=O)COC(=O)c2ccccc2NC(=O)CSc2nccn2C)cc1. The minimum absolute atomic E-state index is 0.131. The highest BCUT2D eigenvalue weighted by Gasteiger charge is 2.16. The largest absolute Gasteiger partial charge is 0.452 e. The predicted octanol–water partition coefficient (Wildman–Crippen LogP) is 3.67. The Labute approximate surface area is 194 Å². The molecule has 0 saturated carbocycles. The van der Waals surface area contributed by atoms with E-state index in [1.54, 1.807) is 54.5 Å². The van der Waals surface area contributed by atoms with E-state index in [1.807, 2.05) is 30.0 Å². The van der Waals surface area contributed by atoms with Crippen LogP contribution in [0.15, 0.2) is 71.0 Å². The second-order valence-electron chi connectivity index (χ2n) is 6.56. The molecule has 2 N–H and O–H groups in total. The molecule has 0 atom stereocenters. The number of anilines is 2. The number of imidazole rings is 1. The number of hydrogen-bond acceptors (Lipinski definition) is 7. The monoisotopic (exact) mass is 470 g/mol. The van der Waals surface area contributed by atoms with Gasteiger partial charge in [-0.25, -0.2) is 9.78 Å². The highest BCUT2D eigenvalue weighted by Crippen LogP contribution is 2.19. The van der Waals surface area contributed by atoms with Crippen LogP contribution < -0.4 is 10.6 Å². The lowest BCUT2D eigenvalue weighted by molar-refractivity contribution is -0.119. The fraction of sp³-hybridized carbons (Fsp3) is 0.182. The van der Waals surface area contributed by atoms with Gasteiger partial charge >= 0.3 is 5.97 Å². The van der Waals surface area contributed by atoms with Crippen molar-refractivity contribution in [3.05, 3.63) is 66.5 Å². The number of ether oxygens (including phenoxy) is 1. The number of para-hydroxylation sites is 1. The number of aromatic nitrogens is 2. The number of hydrogen-bond donors (Lipinski definition) is 2. The summed E-state index contributed by atoms with van der Waals surface area (Å²) in [5.41, 5.74) is 1.10. The van der Waals surface area contributed by atoms with Gasteiger partial charge in [-0.2, -0.15) is 0 Å². The van der Waals surface area contributed by atoms with Gasteiger partial charge in [-0.15, -0.1) is 11.8 Å². The van der Waals surface area contributed by atoms with E-state index in [-0.39, 0.29) is 17.2 Å². The Morgan fingerprint density at radius 1 is 1.03 bits per heavy atom. The molecule has 1 heterocycles. The molecule has 10 heteroatoms. The minimum atomic E-state index is -0.703. The second kappa shape index (κ2) is 11.4. The lowest BCUT2D eigenvalue weighted by Gasteiger charge is -2.11. The second-order valence-corrected chi connectivity index (χ2v) is 8.38. The van der Waals surface area contributed by atoms with Gasteiger partial charge in [0.05, 0.1) is 17.0 Å². The number of carbonyl (C=O) groups is 3. The fourth-order valence-corrected chi connectivity index (χ4v) is 3.80. The van der Waals surface area contributed by atoms with Crippen LogP contribution >= 0.6 is 23.5 Å². The third kappa shape index (κ3) is 6.63. The maximum atomic E-state index is 12.5. The van der Waals surface area contributed by atoms with Crippen molar-refractivity contribution in [1.29, 1.82) is 0 Å². The number of rotatable bonds is 9. The summed E-state index contributed by atoms with van der Waals surface area (Å²) in [5, 5.41) is 6.10. The number of esters is 1. The molecular weight excluding hydrogens is 448 g/mol. The van der Waals surface area contributed by atoms with E-state index < -0.39 is 18.5 Å². The van der Waals surface area contributed by atoms with E-state index in [0.717, 1.165) is 4.90 Å². The zero-order valence-electron chi connectivity index (χ0n) is 17.5. The standard InChI is InChI=1S/C22H22N4O4S2/c1-26-12-11-23-22(26)32-14-20(28)25-18-6-4-3-5-17(18)21(29)30-13-19(27)24-15-7-9-16(31-2)10-8-15/h3-12H,13-14H2,1-2H3,(H,24,27)(H,25,28). The van der Waals surface area contributed by atoms with Crippen molar-refractivity contribution in [2.75, 3.05) is 29.2 Å². The third-order valence-electron chi connectivity index (χ3n) is 4.24. The molecule has 0 unspecified atom stereocenters. The Balaban J connectivity index is 1.53. The summed E-state index contributed by atoms with van der Waals surface area (Å²) < 4.78 is 6.95. The van der Waals surface area contributed by atoms with Crippen molar-refractivity contribution < 1.29 is 19.1 Å². The van der Waals surface area contributed by atoms with Crippen LogP contribution in [0.4, 0.5) is 11.4 Å². The smallest absolute Gasteiger partial charge is 0.340 e. The van der Waals surface area contributed by atoms with Crippen LogP contribution in [0.25, 0.3) is 0 Å². The average molecular weight is 471 g/mol. The number of aryl methyl sites for hydroxylation is 1. The maximum absolute atomic E-state index is 12.5. The van der Waals surface area contributed by atoms with Crippen LogP contribution in [-0.4, -0.2) is 46.0 Å². The lowest BCUT2D eigenvalue weighted by Crippen LogP contribution is -2.22. The van der Waals surface area contributed by atoms with Crippen LogP contribution in [0.3, 0.4) is 0 Å². The normalized spacial score (nSPS) is 10.4. The minimum Gasteiger partial charge on any atom is -0.452 e. The summed E-state index contributed by atoms with van der Waals surface area (Å²) in [6.07, 6.45) is 5.41. The van der Waals surface area contributed by atoms with E-state index in [4.69, 9.17) is 4.74 Å². The van der Waals surface area contributed by atoms with E-state index in [1.165, 1.54) is 17.8 Å². The van der Waals surface area contributed by atoms with E-state index in [9.17, 15) is 14.4 Å². The van der Waals surface area contributed by atoms with Gasteiger partial charge in [-0.1, -0.05) is 23.9 Å². The third-order valence-corrected chi connectivity index (χ3v) is 6.04. The van der Waals surface area contributed by atoms with Crippen molar-refractivity contribution in [3.8, 4) is 0 Å². The first-order valence-electron chi connectivity index (χ1n) is 9.56. The summed E-state index contributed by atoms with van der Waals surface area (Å²) >= 11 is 2.88. The molecule has 166 valence electrons.